The van der Waals surface area contributed by atoms with Crippen LogP contribution in [0.25, 0.3) is 0 Å². The van der Waals surface area contributed by atoms with Crippen molar-refractivity contribution >= 4 is 39.5 Å². The second kappa shape index (κ2) is 61.6. The van der Waals surface area contributed by atoms with E-state index in [0.717, 1.165) is 108 Å². The molecule has 0 aliphatic carbocycles. The zero-order valence-corrected chi connectivity index (χ0v) is 61.3. The molecular formula is C72H140O17P2. The Labute approximate surface area is 556 Å². The molecule has 0 aromatic carbocycles. The lowest BCUT2D eigenvalue weighted by Crippen LogP contribution is -2.30. The van der Waals surface area contributed by atoms with E-state index in [1.54, 1.807) is 0 Å². The molecule has 0 radical (unpaired) electrons. The summed E-state index contributed by atoms with van der Waals surface area (Å²) in [5.74, 6) is 0.821. The van der Waals surface area contributed by atoms with Crippen molar-refractivity contribution in [2.75, 3.05) is 39.6 Å². The fourth-order valence-corrected chi connectivity index (χ4v) is 12.4. The summed E-state index contributed by atoms with van der Waals surface area (Å²) in [5.41, 5.74) is 0. The Bertz CT molecular complexity index is 1800. The van der Waals surface area contributed by atoms with E-state index in [1.165, 1.54) is 154 Å². The highest BCUT2D eigenvalue weighted by Gasteiger charge is 2.30. The zero-order valence-electron chi connectivity index (χ0n) is 59.5. The topological polar surface area (TPSA) is 237 Å². The number of aliphatic hydroxyl groups excluding tert-OH is 1. The van der Waals surface area contributed by atoms with Crippen LogP contribution < -0.4 is 0 Å². The second-order valence-electron chi connectivity index (χ2n) is 27.9. The molecule has 0 aliphatic heterocycles. The Morgan fingerprint density at radius 3 is 0.681 bits per heavy atom. The van der Waals surface area contributed by atoms with E-state index in [9.17, 15) is 43.2 Å². The largest absolute Gasteiger partial charge is 0.472 e. The third-order valence-electron chi connectivity index (χ3n) is 16.6. The van der Waals surface area contributed by atoms with Crippen molar-refractivity contribution in [2.45, 2.75) is 375 Å². The van der Waals surface area contributed by atoms with Gasteiger partial charge in [-0.2, -0.15) is 0 Å². The van der Waals surface area contributed by atoms with Crippen LogP contribution >= 0.6 is 15.6 Å². The molecule has 0 bridgehead atoms. The Balaban J connectivity index is 5.19. The molecule has 91 heavy (non-hydrogen) atoms. The van der Waals surface area contributed by atoms with Crippen LogP contribution in [-0.4, -0.2) is 96.7 Å². The molecule has 19 heteroatoms. The molecule has 3 unspecified atom stereocenters. The monoisotopic (exact) mass is 1340 g/mol. The van der Waals surface area contributed by atoms with Crippen LogP contribution in [0, 0.1) is 23.7 Å². The second-order valence-corrected chi connectivity index (χ2v) is 30.8. The van der Waals surface area contributed by atoms with Gasteiger partial charge >= 0.3 is 39.5 Å². The number of hydrogen-bond acceptors (Lipinski definition) is 15. The van der Waals surface area contributed by atoms with Gasteiger partial charge in [0.15, 0.2) is 12.2 Å². The summed E-state index contributed by atoms with van der Waals surface area (Å²) in [6.07, 6.45) is 44.7. The Morgan fingerprint density at radius 2 is 0.462 bits per heavy atom. The van der Waals surface area contributed by atoms with Crippen molar-refractivity contribution in [1.29, 1.82) is 0 Å². The minimum atomic E-state index is -4.95. The quantitative estimate of drug-likeness (QED) is 0.0222. The first-order chi connectivity index (χ1) is 43.6. The number of carbonyl (C=O) groups is 4. The van der Waals surface area contributed by atoms with Gasteiger partial charge in [0, 0.05) is 25.7 Å². The standard InChI is InChI=1S/C72H140O17P2/c1-62(2)48-40-32-24-19-15-11-9-13-17-21-27-36-44-52-69(74)82-59-68(89-72(77)55-47-39-31-30-35-43-51-65(7)8)61-87-91(80,81)85-57-66(73)56-84-90(78,79)86-60-67(58-83-70(75)53-45-37-29-23-26-34-42-50-64(5)6)88-71(76)54-46-38-28-22-18-14-10-12-16-20-25-33-41-49-63(3)4/h62-68,73H,9-61H2,1-8H3,(H,78,79)(H,80,81)/t66?,67-,68-/m1/s1. The first kappa shape index (κ1) is 89.1. The lowest BCUT2D eigenvalue weighted by atomic mass is 10.0. The molecule has 0 saturated carbocycles. The van der Waals surface area contributed by atoms with Crippen molar-refractivity contribution in [2.24, 2.45) is 23.7 Å². The maximum Gasteiger partial charge on any atom is 0.472 e. The van der Waals surface area contributed by atoms with Crippen molar-refractivity contribution in [3.8, 4) is 0 Å². The average Bonchev–Trinajstić information content (AvgIpc) is 2.79. The maximum absolute atomic E-state index is 13.0. The molecule has 0 aromatic rings. The van der Waals surface area contributed by atoms with E-state index in [1.807, 2.05) is 0 Å². The summed E-state index contributed by atoms with van der Waals surface area (Å²) in [6.45, 7) is 14.1. The Hall–Kier alpha value is -1.94. The van der Waals surface area contributed by atoms with Crippen molar-refractivity contribution in [3.05, 3.63) is 0 Å². The highest BCUT2D eigenvalue weighted by molar-refractivity contribution is 7.47. The van der Waals surface area contributed by atoms with Crippen LogP contribution in [-0.2, 0) is 65.4 Å². The molecule has 0 fully saturated rings. The van der Waals surface area contributed by atoms with Gasteiger partial charge in [-0.15, -0.1) is 0 Å². The van der Waals surface area contributed by atoms with Crippen LogP contribution in [0.2, 0.25) is 0 Å². The third kappa shape index (κ3) is 66.5. The summed E-state index contributed by atoms with van der Waals surface area (Å²) in [4.78, 5) is 72.6. The normalized spacial score (nSPS) is 14.2. The lowest BCUT2D eigenvalue weighted by molar-refractivity contribution is -0.161. The van der Waals surface area contributed by atoms with Crippen LogP contribution in [0.3, 0.4) is 0 Å². The summed E-state index contributed by atoms with van der Waals surface area (Å²) < 4.78 is 68.3. The number of hydrogen-bond donors (Lipinski definition) is 3. The van der Waals surface area contributed by atoms with Gasteiger partial charge in [0.1, 0.15) is 19.3 Å². The Morgan fingerprint density at radius 1 is 0.275 bits per heavy atom. The number of phosphoric ester groups is 2. The lowest BCUT2D eigenvalue weighted by Gasteiger charge is -2.21. The van der Waals surface area contributed by atoms with Gasteiger partial charge < -0.3 is 33.8 Å². The van der Waals surface area contributed by atoms with Gasteiger partial charge in [0.2, 0.25) is 0 Å². The fraction of sp³-hybridized carbons (Fsp3) is 0.944. The van der Waals surface area contributed by atoms with E-state index < -0.39 is 97.5 Å². The van der Waals surface area contributed by atoms with Gasteiger partial charge in [-0.25, -0.2) is 9.13 Å². The van der Waals surface area contributed by atoms with E-state index in [0.29, 0.717) is 37.5 Å². The molecule has 3 N–H and O–H groups in total. The molecular weight excluding hydrogens is 1200 g/mol. The number of phosphoric acid groups is 2. The fourth-order valence-electron chi connectivity index (χ4n) is 10.8. The van der Waals surface area contributed by atoms with Crippen LogP contribution in [0.4, 0.5) is 0 Å². The zero-order chi connectivity index (χ0) is 67.5. The van der Waals surface area contributed by atoms with Gasteiger partial charge in [-0.3, -0.25) is 37.3 Å². The first-order valence-electron chi connectivity index (χ1n) is 37.2. The summed E-state index contributed by atoms with van der Waals surface area (Å²) in [6, 6.07) is 0. The van der Waals surface area contributed by atoms with Crippen LogP contribution in [0.15, 0.2) is 0 Å². The molecule has 0 amide bonds. The van der Waals surface area contributed by atoms with Crippen molar-refractivity contribution < 1.29 is 80.2 Å². The van der Waals surface area contributed by atoms with Crippen LogP contribution in [0.1, 0.15) is 357 Å². The van der Waals surface area contributed by atoms with E-state index in [4.69, 9.17) is 37.0 Å². The van der Waals surface area contributed by atoms with Crippen molar-refractivity contribution in [1.82, 2.24) is 0 Å². The van der Waals surface area contributed by atoms with Crippen LogP contribution in [0.5, 0.6) is 0 Å². The molecule has 5 atom stereocenters. The number of esters is 4. The molecule has 0 aromatic heterocycles. The third-order valence-corrected chi connectivity index (χ3v) is 18.5. The minimum absolute atomic E-state index is 0.102. The first-order valence-corrected chi connectivity index (χ1v) is 40.2. The van der Waals surface area contributed by atoms with Gasteiger partial charge in [0.25, 0.3) is 0 Å². The summed E-state index contributed by atoms with van der Waals surface area (Å²) in [5, 5.41) is 10.6. The number of aliphatic hydroxyl groups is 1. The average molecular weight is 1340 g/mol. The molecule has 540 valence electrons. The molecule has 0 rings (SSSR count). The number of unbranched alkanes of at least 4 members (excludes halogenated alkanes) is 35. The highest BCUT2D eigenvalue weighted by Crippen LogP contribution is 2.45. The maximum atomic E-state index is 13.0. The smallest absolute Gasteiger partial charge is 0.462 e. The summed E-state index contributed by atoms with van der Waals surface area (Å²) in [7, 11) is -9.90. The van der Waals surface area contributed by atoms with E-state index >= 15 is 0 Å². The molecule has 17 nitrogen and oxygen atoms in total. The van der Waals surface area contributed by atoms with Gasteiger partial charge in [-0.1, -0.05) is 306 Å². The minimum Gasteiger partial charge on any atom is -0.462 e. The number of rotatable bonds is 69. The predicted molar refractivity (Wildman–Crippen MR) is 367 cm³/mol. The predicted octanol–water partition coefficient (Wildman–Crippen LogP) is 20.5. The molecule has 0 saturated heterocycles. The molecule has 0 heterocycles. The Kier molecular flexibility index (Phi) is 60.3. The summed E-state index contributed by atoms with van der Waals surface area (Å²) >= 11 is 0. The van der Waals surface area contributed by atoms with E-state index in [-0.39, 0.29) is 25.7 Å². The number of ether oxygens (including phenoxy) is 4. The van der Waals surface area contributed by atoms with Crippen molar-refractivity contribution in [3.63, 3.8) is 0 Å². The van der Waals surface area contributed by atoms with Gasteiger partial charge in [0.05, 0.1) is 26.4 Å². The SMILES string of the molecule is CC(C)CCCCCCCCCCCCCCCC(=O)OC[C@H](COP(=O)(O)OCC(O)COP(=O)(O)OC[C@@H](COC(=O)CCCCCCCCCC(C)C)OC(=O)CCCCCCCCCCCCCCCC(C)C)OC(=O)CCCCCCCCC(C)C. The molecule has 0 spiro atoms. The molecule has 0 aliphatic rings. The van der Waals surface area contributed by atoms with E-state index in [2.05, 4.69) is 55.4 Å². The highest BCUT2D eigenvalue weighted by atomic mass is 31.2. The van der Waals surface area contributed by atoms with Gasteiger partial charge in [-0.05, 0) is 49.4 Å². The number of carbonyl (C=O) groups excluding carboxylic acids is 4.